The fourth-order valence-corrected chi connectivity index (χ4v) is 4.92. The van der Waals surface area contributed by atoms with Gasteiger partial charge in [-0.05, 0) is 75.1 Å². The van der Waals surface area contributed by atoms with E-state index in [4.69, 9.17) is 14.9 Å². The number of hydrogen-bond donors (Lipinski definition) is 3. The van der Waals surface area contributed by atoms with Gasteiger partial charge in [-0.1, -0.05) is 50.2 Å². The van der Waals surface area contributed by atoms with E-state index in [-0.39, 0.29) is 11.9 Å². The van der Waals surface area contributed by atoms with Crippen molar-refractivity contribution in [2.24, 2.45) is 5.92 Å². The molecule has 0 aliphatic carbocycles. The monoisotopic (exact) mass is 551 g/mol. The largest absolute Gasteiger partial charge is 0.493 e. The van der Waals surface area contributed by atoms with Gasteiger partial charge in [0, 0.05) is 51.3 Å². The molecule has 2 aromatic rings. The van der Waals surface area contributed by atoms with E-state index in [0.717, 1.165) is 48.5 Å². The first-order valence-electron chi connectivity index (χ1n) is 14.6. The third-order valence-electron chi connectivity index (χ3n) is 7.35. The summed E-state index contributed by atoms with van der Waals surface area (Å²) in [4.78, 5) is 17.3. The van der Waals surface area contributed by atoms with Crippen molar-refractivity contribution in [2.45, 2.75) is 58.5 Å². The predicted octanol–water partition coefficient (Wildman–Crippen LogP) is 4.52. The minimum Gasteiger partial charge on any atom is -0.493 e. The minimum atomic E-state index is -0.172. The van der Waals surface area contributed by atoms with E-state index in [2.05, 4.69) is 84.8 Å². The lowest BCUT2D eigenvalue weighted by Gasteiger charge is -2.35. The van der Waals surface area contributed by atoms with E-state index < -0.39 is 0 Å². The van der Waals surface area contributed by atoms with Crippen LogP contribution in [0, 0.1) is 11.3 Å². The number of piperidine rings is 1. The highest BCUT2D eigenvalue weighted by Crippen LogP contribution is 2.32. The van der Waals surface area contributed by atoms with Crippen molar-refractivity contribution in [3.63, 3.8) is 0 Å². The summed E-state index contributed by atoms with van der Waals surface area (Å²) < 4.78 is 11.4. The summed E-state index contributed by atoms with van der Waals surface area (Å²) in [6.07, 6.45) is 4.12. The molecule has 0 atom stereocenters. The molecule has 1 saturated heterocycles. The first-order valence-corrected chi connectivity index (χ1v) is 14.6. The standard InChI is InChI=1S/C32H49N5O3/c1-24(2)22-34-32(33)35-31(38)14-10-25-9-13-29(30(21-25)40-20-6-19-39-5)27-11-7-26(8-12-27)23-37-17-15-28(16-18-37)36(3)4/h7-9,11-13,21,24,28H,6,10,14-20,22-23H2,1-5H3,(H3,33,34,35,38). The van der Waals surface area contributed by atoms with Gasteiger partial charge < -0.3 is 19.7 Å². The molecule has 40 heavy (non-hydrogen) atoms. The Labute approximate surface area is 240 Å². The van der Waals surface area contributed by atoms with Crippen LogP contribution in [0.5, 0.6) is 5.75 Å². The number of aryl methyl sites for hydroxylation is 1. The third-order valence-corrected chi connectivity index (χ3v) is 7.35. The average Bonchev–Trinajstić information content (AvgIpc) is 2.94. The molecule has 0 saturated carbocycles. The molecule has 3 N–H and O–H groups in total. The van der Waals surface area contributed by atoms with Crippen molar-refractivity contribution in [3.05, 3.63) is 53.6 Å². The third kappa shape index (κ3) is 10.6. The Morgan fingerprint density at radius 3 is 2.42 bits per heavy atom. The second-order valence-corrected chi connectivity index (χ2v) is 11.4. The van der Waals surface area contributed by atoms with Gasteiger partial charge >= 0.3 is 0 Å². The fraction of sp³-hybridized carbons (Fsp3) is 0.562. The number of carbonyl (C=O) groups excluding carboxylic acids is 1. The summed E-state index contributed by atoms with van der Waals surface area (Å²) in [6.45, 7) is 9.23. The average molecular weight is 552 g/mol. The van der Waals surface area contributed by atoms with Crippen molar-refractivity contribution in [1.82, 2.24) is 20.4 Å². The molecule has 0 bridgehead atoms. The topological polar surface area (TPSA) is 89.9 Å². The molecule has 1 amide bonds. The lowest BCUT2D eigenvalue weighted by Crippen LogP contribution is -2.41. The van der Waals surface area contributed by atoms with Gasteiger partial charge in [0.2, 0.25) is 5.91 Å². The lowest BCUT2D eigenvalue weighted by atomic mass is 9.99. The van der Waals surface area contributed by atoms with Gasteiger partial charge in [-0.15, -0.1) is 0 Å². The number of ether oxygens (including phenoxy) is 2. The van der Waals surface area contributed by atoms with Crippen LogP contribution in [-0.4, -0.2) is 81.8 Å². The molecule has 1 aliphatic rings. The van der Waals surface area contributed by atoms with Crippen molar-refractivity contribution in [2.75, 3.05) is 54.1 Å². The molecule has 2 aromatic carbocycles. The Balaban J connectivity index is 1.62. The van der Waals surface area contributed by atoms with Crippen molar-refractivity contribution < 1.29 is 14.3 Å². The Morgan fingerprint density at radius 1 is 1.07 bits per heavy atom. The summed E-state index contributed by atoms with van der Waals surface area (Å²) in [5.74, 6) is 1.10. The number of carbonyl (C=O) groups is 1. The predicted molar refractivity (Wildman–Crippen MR) is 163 cm³/mol. The van der Waals surface area contributed by atoms with Crippen LogP contribution in [0.1, 0.15) is 50.7 Å². The first-order chi connectivity index (χ1) is 19.2. The van der Waals surface area contributed by atoms with Crippen LogP contribution in [0.15, 0.2) is 42.5 Å². The lowest BCUT2D eigenvalue weighted by molar-refractivity contribution is -0.119. The number of guanidine groups is 1. The van der Waals surface area contributed by atoms with Crippen LogP contribution in [0.4, 0.5) is 0 Å². The van der Waals surface area contributed by atoms with Crippen molar-refractivity contribution in [1.29, 1.82) is 5.41 Å². The maximum atomic E-state index is 12.4. The molecule has 0 radical (unpaired) electrons. The molecule has 1 heterocycles. The van der Waals surface area contributed by atoms with Crippen LogP contribution < -0.4 is 15.4 Å². The molecule has 3 rings (SSSR count). The van der Waals surface area contributed by atoms with Gasteiger partial charge in [-0.2, -0.15) is 0 Å². The number of likely N-dealkylation sites (tertiary alicyclic amines) is 1. The summed E-state index contributed by atoms with van der Waals surface area (Å²) in [7, 11) is 6.05. The molecule has 0 aromatic heterocycles. The second kappa shape index (κ2) is 16.4. The van der Waals surface area contributed by atoms with E-state index in [1.807, 2.05) is 6.07 Å². The number of hydrogen-bond acceptors (Lipinski definition) is 6. The number of rotatable bonds is 14. The van der Waals surface area contributed by atoms with Gasteiger partial charge in [0.15, 0.2) is 5.96 Å². The molecular formula is C32H49N5O3. The number of nitrogens with zero attached hydrogens (tertiary/aromatic N) is 2. The summed E-state index contributed by atoms with van der Waals surface area (Å²) >= 11 is 0. The van der Waals surface area contributed by atoms with E-state index in [9.17, 15) is 4.79 Å². The number of amides is 1. The van der Waals surface area contributed by atoms with Crippen molar-refractivity contribution >= 4 is 11.9 Å². The Kier molecular flexibility index (Phi) is 12.9. The quantitative estimate of drug-likeness (QED) is 0.182. The first kappa shape index (κ1) is 31.6. The Morgan fingerprint density at radius 2 is 1.77 bits per heavy atom. The zero-order valence-corrected chi connectivity index (χ0v) is 25.1. The molecule has 1 fully saturated rings. The van der Waals surface area contributed by atoms with Crippen LogP contribution in [-0.2, 0) is 22.5 Å². The van der Waals surface area contributed by atoms with Crippen LogP contribution in [0.3, 0.4) is 0 Å². The van der Waals surface area contributed by atoms with Crippen LogP contribution in [0.25, 0.3) is 11.1 Å². The molecule has 220 valence electrons. The van der Waals surface area contributed by atoms with E-state index in [1.165, 1.54) is 18.4 Å². The summed E-state index contributed by atoms with van der Waals surface area (Å²) in [6, 6.07) is 15.7. The van der Waals surface area contributed by atoms with E-state index in [0.29, 0.717) is 44.6 Å². The molecule has 0 unspecified atom stereocenters. The summed E-state index contributed by atoms with van der Waals surface area (Å²) in [5, 5.41) is 13.5. The SMILES string of the molecule is COCCCOc1cc(CCC(=O)NC(=N)NCC(C)C)ccc1-c1ccc(CN2CCC(N(C)C)CC2)cc1. The minimum absolute atomic E-state index is 0.0534. The van der Waals surface area contributed by atoms with Gasteiger partial charge in [-0.25, -0.2) is 0 Å². The fourth-order valence-electron chi connectivity index (χ4n) is 4.92. The number of methoxy groups -OCH3 is 1. The zero-order chi connectivity index (χ0) is 28.9. The highest BCUT2D eigenvalue weighted by molar-refractivity contribution is 5.95. The molecular weight excluding hydrogens is 502 g/mol. The Hall–Kier alpha value is -2.94. The highest BCUT2D eigenvalue weighted by atomic mass is 16.5. The van der Waals surface area contributed by atoms with Crippen LogP contribution in [0.2, 0.25) is 0 Å². The van der Waals surface area contributed by atoms with Crippen molar-refractivity contribution in [3.8, 4) is 16.9 Å². The molecule has 8 nitrogen and oxygen atoms in total. The number of nitrogens with one attached hydrogen (secondary N) is 3. The summed E-state index contributed by atoms with van der Waals surface area (Å²) in [5.41, 5.74) is 4.51. The Bertz CT molecular complexity index is 1060. The van der Waals surface area contributed by atoms with Gasteiger partial charge in [-0.3, -0.25) is 20.4 Å². The van der Waals surface area contributed by atoms with E-state index >= 15 is 0 Å². The van der Waals surface area contributed by atoms with Gasteiger partial charge in [0.05, 0.1) is 6.61 Å². The maximum Gasteiger partial charge on any atom is 0.226 e. The normalized spacial score (nSPS) is 14.5. The number of benzene rings is 2. The van der Waals surface area contributed by atoms with Gasteiger partial charge in [0.25, 0.3) is 0 Å². The van der Waals surface area contributed by atoms with Crippen LogP contribution >= 0.6 is 0 Å². The maximum absolute atomic E-state index is 12.4. The highest BCUT2D eigenvalue weighted by Gasteiger charge is 2.20. The second-order valence-electron chi connectivity index (χ2n) is 11.4. The zero-order valence-electron chi connectivity index (χ0n) is 25.1. The van der Waals surface area contributed by atoms with Gasteiger partial charge in [0.1, 0.15) is 5.75 Å². The molecule has 0 spiro atoms. The smallest absolute Gasteiger partial charge is 0.226 e. The molecule has 8 heteroatoms. The molecule has 1 aliphatic heterocycles. The van der Waals surface area contributed by atoms with E-state index in [1.54, 1.807) is 7.11 Å².